The second-order valence-corrected chi connectivity index (χ2v) is 12.1. The number of nitrogens with two attached hydrogens (primary N) is 2. The predicted molar refractivity (Wildman–Crippen MR) is 179 cm³/mol. The molecule has 12 heteroatoms. The Morgan fingerprint density at radius 1 is 0.956 bits per heavy atom. The number of carbonyl (C=O) groups is 3. The van der Waals surface area contributed by atoms with Gasteiger partial charge in [-0.1, -0.05) is 65.9 Å². The number of allylic oxidation sites excluding steroid dienone is 3. The lowest BCUT2D eigenvalue weighted by Crippen LogP contribution is -2.32. The first-order valence-corrected chi connectivity index (χ1v) is 15.5. The molecule has 0 saturated heterocycles. The van der Waals surface area contributed by atoms with Gasteiger partial charge in [0.05, 0.1) is 12.2 Å². The molecule has 0 aliphatic carbocycles. The molecule has 0 spiro atoms. The van der Waals surface area contributed by atoms with Crippen molar-refractivity contribution in [2.45, 2.75) is 71.4 Å². The van der Waals surface area contributed by atoms with E-state index in [1.165, 1.54) is 11.3 Å². The van der Waals surface area contributed by atoms with Crippen LogP contribution >= 0.6 is 11.3 Å². The van der Waals surface area contributed by atoms with E-state index in [-0.39, 0.29) is 12.3 Å². The molecule has 11 nitrogen and oxygen atoms in total. The van der Waals surface area contributed by atoms with Crippen LogP contribution in [0.2, 0.25) is 0 Å². The first-order valence-electron chi connectivity index (χ1n) is 14.7. The molecule has 0 aliphatic rings. The number of aryl methyl sites for hydroxylation is 1. The fourth-order valence-corrected chi connectivity index (χ4v) is 4.57. The zero-order chi connectivity index (χ0) is 33.1. The van der Waals surface area contributed by atoms with Crippen LogP contribution in [0.3, 0.4) is 0 Å². The number of anilines is 1. The fourth-order valence-electron chi connectivity index (χ4n) is 3.77. The first kappa shape index (κ1) is 36.5. The molecule has 0 bridgehead atoms. The predicted octanol–water partition coefficient (Wildman–Crippen LogP) is 4.75. The lowest BCUT2D eigenvalue weighted by atomic mass is 10.1. The zero-order valence-electron chi connectivity index (χ0n) is 26.5. The number of aldehydes is 1. The lowest BCUT2D eigenvalue weighted by Gasteiger charge is -2.19. The number of benzene rings is 2. The first-order chi connectivity index (χ1) is 21.5. The number of rotatable bonds is 14. The van der Waals surface area contributed by atoms with Gasteiger partial charge in [0.1, 0.15) is 16.9 Å². The van der Waals surface area contributed by atoms with Crippen LogP contribution < -0.4 is 27.4 Å². The summed E-state index contributed by atoms with van der Waals surface area (Å²) in [4.78, 5) is 34.3. The highest BCUT2D eigenvalue weighted by atomic mass is 32.1. The molecule has 0 fully saturated rings. The second kappa shape index (κ2) is 19.5. The smallest absolute Gasteiger partial charge is 0.407 e. The summed E-state index contributed by atoms with van der Waals surface area (Å²) in [7, 11) is 1.75. The van der Waals surface area contributed by atoms with Gasteiger partial charge in [-0.3, -0.25) is 4.79 Å². The van der Waals surface area contributed by atoms with Crippen molar-refractivity contribution >= 4 is 34.8 Å². The molecule has 0 unspecified atom stereocenters. The summed E-state index contributed by atoms with van der Waals surface area (Å²) in [6.07, 6.45) is 8.05. The monoisotopic (exact) mass is 635 g/mol. The highest BCUT2D eigenvalue weighted by Crippen LogP contribution is 2.18. The normalized spacial score (nSPS) is 11.6. The van der Waals surface area contributed by atoms with Crippen molar-refractivity contribution < 1.29 is 19.1 Å². The number of hydrogen-bond donors (Lipinski definition) is 5. The molecule has 2 amide bonds. The molecular weight excluding hydrogens is 590 g/mol. The van der Waals surface area contributed by atoms with Crippen molar-refractivity contribution in [2.24, 2.45) is 11.5 Å². The Morgan fingerprint density at radius 3 is 2.36 bits per heavy atom. The summed E-state index contributed by atoms with van der Waals surface area (Å²) in [5.74, 6) is 0.381. The number of hydrogen-bond acceptors (Lipinski definition) is 10. The SMILES string of the molecule is CN/C(N)=C/C=C(\N)CCCCc1nnc(NC(=O)Cc2cccc(CNC(=O)OC(C)(C)C)c2)s1.O=CCc1ccccc1. The molecule has 0 atom stereocenters. The Hall–Kier alpha value is -4.71. The Kier molecular flexibility index (Phi) is 15.8. The van der Waals surface area contributed by atoms with Gasteiger partial charge in [-0.25, -0.2) is 4.79 Å². The van der Waals surface area contributed by atoms with Gasteiger partial charge in [0.2, 0.25) is 11.0 Å². The minimum Gasteiger partial charge on any atom is -0.444 e. The van der Waals surface area contributed by atoms with E-state index in [0.717, 1.165) is 59.4 Å². The average Bonchev–Trinajstić information content (AvgIpc) is 3.44. The number of nitrogens with zero attached hydrogens (tertiary/aromatic N) is 2. The van der Waals surface area contributed by atoms with Gasteiger partial charge >= 0.3 is 6.09 Å². The van der Waals surface area contributed by atoms with E-state index in [0.29, 0.717) is 23.9 Å². The van der Waals surface area contributed by atoms with Crippen LogP contribution in [0.1, 0.15) is 61.7 Å². The van der Waals surface area contributed by atoms with Gasteiger partial charge in [0.25, 0.3) is 0 Å². The van der Waals surface area contributed by atoms with E-state index in [1.54, 1.807) is 19.2 Å². The number of alkyl carbamates (subject to hydrolysis) is 1. The molecule has 1 aromatic heterocycles. The van der Waals surface area contributed by atoms with Gasteiger partial charge in [0.15, 0.2) is 0 Å². The molecule has 3 aromatic rings. The molecule has 242 valence electrons. The molecule has 0 aliphatic heterocycles. The van der Waals surface area contributed by atoms with E-state index >= 15 is 0 Å². The van der Waals surface area contributed by atoms with Crippen LogP contribution in [-0.4, -0.2) is 41.1 Å². The van der Waals surface area contributed by atoms with Gasteiger partial charge in [-0.15, -0.1) is 10.2 Å². The number of unbranched alkanes of at least 4 members (excludes halogenated alkanes) is 1. The lowest BCUT2D eigenvalue weighted by molar-refractivity contribution is -0.115. The van der Waals surface area contributed by atoms with E-state index in [1.807, 2.05) is 75.4 Å². The molecule has 0 saturated carbocycles. The maximum atomic E-state index is 12.5. The third-order valence-corrected chi connectivity index (χ3v) is 6.84. The topological polar surface area (TPSA) is 174 Å². The summed E-state index contributed by atoms with van der Waals surface area (Å²) >= 11 is 1.37. The molecule has 1 heterocycles. The van der Waals surface area contributed by atoms with Crippen molar-refractivity contribution in [3.8, 4) is 0 Å². The van der Waals surface area contributed by atoms with Crippen molar-refractivity contribution in [2.75, 3.05) is 12.4 Å². The van der Waals surface area contributed by atoms with Crippen molar-refractivity contribution in [1.82, 2.24) is 20.8 Å². The standard InChI is InChI=1S/C25H37N7O3S.C8H8O/c1-25(2,3)35-24(34)29-16-18-9-7-8-17(14-18)15-21(33)30-23-32-31-22(36-23)11-6-5-10-19(26)12-13-20(27)28-4;9-7-6-8-4-2-1-3-5-8/h7-9,12-14,28H,5-6,10-11,15-16,26-27H2,1-4H3,(H,29,34)(H,30,32,33);1-5,7H,6H2/b19-12-,20-13+;. The third kappa shape index (κ3) is 16.6. The number of nitrogens with one attached hydrogen (secondary N) is 3. The summed E-state index contributed by atoms with van der Waals surface area (Å²) in [5.41, 5.74) is 14.6. The number of ether oxygens (including phenoxy) is 1. The minimum absolute atomic E-state index is 0.179. The maximum Gasteiger partial charge on any atom is 0.407 e. The van der Waals surface area contributed by atoms with Crippen molar-refractivity contribution in [3.63, 3.8) is 0 Å². The third-order valence-electron chi connectivity index (χ3n) is 5.94. The maximum absolute atomic E-state index is 12.5. The van der Waals surface area contributed by atoms with Crippen LogP contribution in [0.5, 0.6) is 0 Å². The van der Waals surface area contributed by atoms with E-state index in [2.05, 4.69) is 26.1 Å². The number of carbonyl (C=O) groups excluding carboxylic acids is 3. The van der Waals surface area contributed by atoms with Crippen LogP contribution in [0, 0.1) is 0 Å². The molecule has 45 heavy (non-hydrogen) atoms. The largest absolute Gasteiger partial charge is 0.444 e. The molecule has 0 radical (unpaired) electrons. The summed E-state index contributed by atoms with van der Waals surface area (Å²) < 4.78 is 5.24. The van der Waals surface area contributed by atoms with Gasteiger partial charge in [-0.2, -0.15) is 0 Å². The van der Waals surface area contributed by atoms with E-state index in [9.17, 15) is 14.4 Å². The van der Waals surface area contributed by atoms with E-state index in [4.69, 9.17) is 16.2 Å². The number of aromatic nitrogens is 2. The Bertz CT molecular complexity index is 1420. The highest BCUT2D eigenvalue weighted by molar-refractivity contribution is 7.15. The van der Waals surface area contributed by atoms with Crippen LogP contribution in [-0.2, 0) is 40.1 Å². The molecule has 7 N–H and O–H groups in total. The average molecular weight is 636 g/mol. The Balaban J connectivity index is 0.000000669. The summed E-state index contributed by atoms with van der Waals surface area (Å²) in [6.45, 7) is 5.74. The molecule has 2 aromatic carbocycles. The van der Waals surface area contributed by atoms with Crippen LogP contribution in [0.25, 0.3) is 0 Å². The second-order valence-electron chi connectivity index (χ2n) is 11.1. The Morgan fingerprint density at radius 2 is 1.67 bits per heavy atom. The van der Waals surface area contributed by atoms with E-state index < -0.39 is 11.7 Å². The van der Waals surface area contributed by atoms with Gasteiger partial charge in [0, 0.05) is 32.1 Å². The van der Waals surface area contributed by atoms with Gasteiger partial charge in [-0.05, 0) is 68.9 Å². The zero-order valence-corrected chi connectivity index (χ0v) is 27.3. The molecular formula is C33H45N7O4S. The molecule has 3 rings (SSSR count). The summed E-state index contributed by atoms with van der Waals surface area (Å²) in [6, 6.07) is 17.2. The number of amides is 2. The fraction of sp³-hybridized carbons (Fsp3) is 0.364. The van der Waals surface area contributed by atoms with Crippen LogP contribution in [0.4, 0.5) is 9.93 Å². The quantitative estimate of drug-likeness (QED) is 0.0951. The van der Waals surface area contributed by atoms with Crippen molar-refractivity contribution in [3.05, 3.63) is 100.0 Å². The summed E-state index contributed by atoms with van der Waals surface area (Å²) in [5, 5.41) is 17.9. The van der Waals surface area contributed by atoms with Gasteiger partial charge < -0.3 is 36.9 Å². The van der Waals surface area contributed by atoms with Crippen LogP contribution in [0.15, 0.2) is 78.3 Å². The minimum atomic E-state index is -0.556. The van der Waals surface area contributed by atoms with Crippen molar-refractivity contribution in [1.29, 1.82) is 0 Å². The highest BCUT2D eigenvalue weighted by Gasteiger charge is 2.16. The Labute approximate surface area is 269 Å².